The fourth-order valence-corrected chi connectivity index (χ4v) is 3.62. The second-order valence-electron chi connectivity index (χ2n) is 7.32. The van der Waals surface area contributed by atoms with Gasteiger partial charge in [0.05, 0.1) is 0 Å². The van der Waals surface area contributed by atoms with Crippen LogP contribution in [0.2, 0.25) is 0 Å². The smallest absolute Gasteiger partial charge is 0.254 e. The maximum Gasteiger partial charge on any atom is 0.254 e. The van der Waals surface area contributed by atoms with E-state index >= 15 is 0 Å². The maximum absolute atomic E-state index is 11.1. The Hall–Kier alpha value is -2.16. The SMILES string of the molecule is C1CNCCN1.CCCn1c(=O)cc[nH]c1=S.Cl.S.c1ccc2cc3ccccc3cc2c1. The van der Waals surface area contributed by atoms with E-state index < -0.39 is 0 Å². The van der Waals surface area contributed by atoms with Gasteiger partial charge in [-0.15, -0.1) is 12.4 Å². The summed E-state index contributed by atoms with van der Waals surface area (Å²) in [4.78, 5) is 13.9. The van der Waals surface area contributed by atoms with Crippen LogP contribution < -0.4 is 16.2 Å². The normalized spacial score (nSPS) is 12.3. The molecular formula is C25H33ClN4OS2. The van der Waals surface area contributed by atoms with Crippen LogP contribution in [0.15, 0.2) is 77.7 Å². The first-order valence-corrected chi connectivity index (χ1v) is 11.2. The summed E-state index contributed by atoms with van der Waals surface area (Å²) in [5, 5.41) is 11.7. The molecule has 1 aromatic heterocycles. The lowest BCUT2D eigenvalue weighted by Gasteiger charge is -2.11. The molecule has 3 aromatic carbocycles. The Morgan fingerprint density at radius 3 is 1.58 bits per heavy atom. The van der Waals surface area contributed by atoms with Gasteiger partial charge in [0.1, 0.15) is 0 Å². The average Bonchev–Trinajstić information content (AvgIpc) is 2.82. The van der Waals surface area contributed by atoms with Crippen LogP contribution in [-0.2, 0) is 6.54 Å². The quantitative estimate of drug-likeness (QED) is 0.265. The number of halogens is 1. The molecule has 1 aliphatic heterocycles. The number of nitrogens with one attached hydrogen (secondary N) is 3. The van der Waals surface area contributed by atoms with Gasteiger partial charge in [0, 0.05) is 45.0 Å². The molecule has 4 aromatic rings. The number of nitrogens with zero attached hydrogens (tertiary/aromatic N) is 1. The fraction of sp³-hybridized carbons (Fsp3) is 0.280. The molecule has 3 N–H and O–H groups in total. The second-order valence-corrected chi connectivity index (χ2v) is 7.71. The molecule has 1 fully saturated rings. The van der Waals surface area contributed by atoms with Gasteiger partial charge >= 0.3 is 0 Å². The summed E-state index contributed by atoms with van der Waals surface area (Å²) >= 11 is 4.91. The number of aromatic amines is 1. The van der Waals surface area contributed by atoms with Crippen LogP contribution in [-0.4, -0.2) is 35.7 Å². The van der Waals surface area contributed by atoms with Crippen LogP contribution in [0, 0.1) is 4.77 Å². The van der Waals surface area contributed by atoms with Crippen LogP contribution in [0.3, 0.4) is 0 Å². The van der Waals surface area contributed by atoms with Crippen molar-refractivity contribution in [2.24, 2.45) is 0 Å². The monoisotopic (exact) mass is 504 g/mol. The maximum atomic E-state index is 11.1. The number of aromatic nitrogens is 2. The third-order valence-corrected chi connectivity index (χ3v) is 5.30. The molecule has 33 heavy (non-hydrogen) atoms. The molecule has 2 heterocycles. The van der Waals surface area contributed by atoms with Gasteiger partial charge < -0.3 is 15.6 Å². The fourth-order valence-electron chi connectivity index (χ4n) is 3.37. The van der Waals surface area contributed by atoms with Gasteiger partial charge in [-0.2, -0.15) is 13.5 Å². The van der Waals surface area contributed by atoms with Gasteiger partial charge in [-0.05, 0) is 52.3 Å². The molecule has 5 rings (SSSR count). The van der Waals surface area contributed by atoms with E-state index in [4.69, 9.17) is 12.2 Å². The zero-order chi connectivity index (χ0) is 21.9. The summed E-state index contributed by atoms with van der Waals surface area (Å²) in [6.07, 6.45) is 2.48. The highest BCUT2D eigenvalue weighted by Crippen LogP contribution is 2.22. The number of H-pyrrole nitrogens is 1. The highest BCUT2D eigenvalue weighted by atomic mass is 35.5. The van der Waals surface area contributed by atoms with E-state index in [9.17, 15) is 4.79 Å². The summed E-state index contributed by atoms with van der Waals surface area (Å²) in [5.41, 5.74) is -0.0319. The minimum atomic E-state index is -0.0319. The number of fused-ring (bicyclic) bond motifs is 2. The number of hydrogen-bond acceptors (Lipinski definition) is 4. The highest BCUT2D eigenvalue weighted by molar-refractivity contribution is 7.71. The van der Waals surface area contributed by atoms with Gasteiger partial charge in [-0.1, -0.05) is 55.5 Å². The second kappa shape index (κ2) is 15.6. The zero-order valence-corrected chi connectivity index (χ0v) is 21.5. The Morgan fingerprint density at radius 2 is 1.24 bits per heavy atom. The van der Waals surface area contributed by atoms with Crippen molar-refractivity contribution in [1.29, 1.82) is 0 Å². The summed E-state index contributed by atoms with van der Waals surface area (Å²) < 4.78 is 2.05. The van der Waals surface area contributed by atoms with Gasteiger partial charge in [0.25, 0.3) is 5.56 Å². The van der Waals surface area contributed by atoms with E-state index in [2.05, 4.69) is 76.3 Å². The van der Waals surface area contributed by atoms with Crippen LogP contribution >= 0.6 is 38.1 Å². The molecule has 5 nitrogen and oxygen atoms in total. The first-order chi connectivity index (χ1) is 15.2. The van der Waals surface area contributed by atoms with Gasteiger partial charge in [0.15, 0.2) is 4.77 Å². The molecule has 0 radical (unpaired) electrons. The standard InChI is InChI=1S/C14H10.C7H10N2OS.C4H10N2.ClH.H2S/c1-2-6-12-10-14-8-4-3-7-13(14)9-11(12)5-1;1-2-5-9-6(10)3-4-8-7(9)11;1-2-6-4-3-5-1;;/h1-10H;3-4H,2,5H2,1H3,(H,8,11);5-6H,1-4H2;1H;1H2. The Kier molecular flexibility index (Phi) is 13.7. The molecule has 0 saturated carbocycles. The molecule has 0 bridgehead atoms. The molecule has 8 heteroatoms. The van der Waals surface area contributed by atoms with Crippen molar-refractivity contribution in [1.82, 2.24) is 20.2 Å². The molecule has 0 amide bonds. The van der Waals surface area contributed by atoms with E-state index in [1.54, 1.807) is 10.8 Å². The van der Waals surface area contributed by atoms with Crippen molar-refractivity contribution in [3.8, 4) is 0 Å². The van der Waals surface area contributed by atoms with E-state index in [0.29, 0.717) is 11.3 Å². The predicted octanol–water partition coefficient (Wildman–Crippen LogP) is 5.02. The lowest BCUT2D eigenvalue weighted by molar-refractivity contribution is 0.534. The van der Waals surface area contributed by atoms with Crippen LogP contribution in [0.1, 0.15) is 13.3 Å². The van der Waals surface area contributed by atoms with Crippen LogP contribution in [0.5, 0.6) is 0 Å². The number of hydrogen-bond donors (Lipinski definition) is 3. The van der Waals surface area contributed by atoms with Crippen molar-refractivity contribution in [3.05, 3.63) is 88.1 Å². The Balaban J connectivity index is 0.000000258. The van der Waals surface area contributed by atoms with Gasteiger partial charge in [0.2, 0.25) is 0 Å². The molecule has 178 valence electrons. The van der Waals surface area contributed by atoms with Crippen molar-refractivity contribution >= 4 is 59.7 Å². The molecule has 0 spiro atoms. The summed E-state index contributed by atoms with van der Waals surface area (Å²) in [6, 6.07) is 22.9. The van der Waals surface area contributed by atoms with E-state index in [1.807, 2.05) is 6.92 Å². The molecule has 0 unspecified atom stereocenters. The lowest BCUT2D eigenvalue weighted by Crippen LogP contribution is -2.39. The first-order valence-electron chi connectivity index (χ1n) is 10.8. The van der Waals surface area contributed by atoms with Crippen molar-refractivity contribution in [3.63, 3.8) is 0 Å². The van der Waals surface area contributed by atoms with Crippen LogP contribution in [0.25, 0.3) is 21.5 Å². The Labute approximate surface area is 213 Å². The van der Waals surface area contributed by atoms with Crippen molar-refractivity contribution in [2.45, 2.75) is 19.9 Å². The summed E-state index contributed by atoms with van der Waals surface area (Å²) in [7, 11) is 0. The molecule has 0 atom stereocenters. The summed E-state index contributed by atoms with van der Waals surface area (Å²) in [6.45, 7) is 7.25. The van der Waals surface area contributed by atoms with Gasteiger partial charge in [-0.3, -0.25) is 9.36 Å². The van der Waals surface area contributed by atoms with Crippen LogP contribution in [0.4, 0.5) is 0 Å². The number of piperazine rings is 1. The molecule has 0 aliphatic carbocycles. The van der Waals surface area contributed by atoms with E-state index in [-0.39, 0.29) is 31.5 Å². The predicted molar refractivity (Wildman–Crippen MR) is 151 cm³/mol. The van der Waals surface area contributed by atoms with Crippen molar-refractivity contribution < 1.29 is 0 Å². The average molecular weight is 505 g/mol. The topological polar surface area (TPSA) is 61.9 Å². The minimum absolute atomic E-state index is 0. The number of rotatable bonds is 2. The molecular weight excluding hydrogens is 472 g/mol. The molecule has 1 saturated heterocycles. The van der Waals surface area contributed by atoms with E-state index in [1.165, 1.54) is 27.6 Å². The molecule has 1 aliphatic rings. The largest absolute Gasteiger partial charge is 0.339 e. The third kappa shape index (κ3) is 8.95. The summed E-state index contributed by atoms with van der Waals surface area (Å²) in [5.74, 6) is 0. The Morgan fingerprint density at radius 1 is 0.818 bits per heavy atom. The third-order valence-electron chi connectivity index (χ3n) is 4.96. The van der Waals surface area contributed by atoms with Crippen molar-refractivity contribution in [2.75, 3.05) is 26.2 Å². The zero-order valence-electron chi connectivity index (χ0n) is 18.8. The van der Waals surface area contributed by atoms with Gasteiger partial charge in [-0.25, -0.2) is 0 Å². The Bertz CT molecular complexity index is 1080. The highest BCUT2D eigenvalue weighted by Gasteiger charge is 1.95. The van der Waals surface area contributed by atoms with E-state index in [0.717, 1.165) is 32.6 Å². The lowest BCUT2D eigenvalue weighted by atomic mass is 10.0. The first kappa shape index (κ1) is 28.9. The number of benzene rings is 3. The minimum Gasteiger partial charge on any atom is -0.339 e.